The summed E-state index contributed by atoms with van der Waals surface area (Å²) >= 11 is 0. The first kappa shape index (κ1) is 35.5. The lowest BCUT2D eigenvalue weighted by molar-refractivity contribution is -0.142. The van der Waals surface area contributed by atoms with Crippen molar-refractivity contribution in [3.05, 3.63) is 65.7 Å². The number of nitrogens with zero attached hydrogens (tertiary/aromatic N) is 1. The SMILES string of the molecule is NCCCCC(NC(=O)C(CCCN=C(N)N)NC(=O)C(Cc1ccccc1)NC(=O)C(N)Cc1ccc(O)cc1)C(=O)O. The van der Waals surface area contributed by atoms with Crippen LogP contribution < -0.4 is 38.9 Å². The molecule has 14 nitrogen and oxygen atoms in total. The highest BCUT2D eigenvalue weighted by molar-refractivity contribution is 5.94. The van der Waals surface area contributed by atoms with Crippen molar-refractivity contribution < 1.29 is 29.4 Å². The largest absolute Gasteiger partial charge is 0.508 e. The van der Waals surface area contributed by atoms with E-state index in [1.807, 2.05) is 6.07 Å². The zero-order valence-corrected chi connectivity index (χ0v) is 24.7. The summed E-state index contributed by atoms with van der Waals surface area (Å²) in [6.07, 6.45) is 1.90. The first-order chi connectivity index (χ1) is 21.0. The number of carboxylic acids is 1. The Morgan fingerprint density at radius 3 is 1.91 bits per heavy atom. The van der Waals surface area contributed by atoms with Crippen molar-refractivity contribution in [2.75, 3.05) is 13.1 Å². The van der Waals surface area contributed by atoms with Gasteiger partial charge in [-0.3, -0.25) is 19.4 Å². The molecule has 14 heteroatoms. The minimum Gasteiger partial charge on any atom is -0.508 e. The molecule has 13 N–H and O–H groups in total. The summed E-state index contributed by atoms with van der Waals surface area (Å²) in [5, 5.41) is 27.0. The molecule has 3 amide bonds. The van der Waals surface area contributed by atoms with Gasteiger partial charge < -0.3 is 49.1 Å². The van der Waals surface area contributed by atoms with Crippen molar-refractivity contribution in [2.45, 2.75) is 69.1 Å². The molecule has 0 fully saturated rings. The van der Waals surface area contributed by atoms with E-state index in [1.54, 1.807) is 36.4 Å². The molecule has 2 rings (SSSR count). The maximum absolute atomic E-state index is 13.6. The Balaban J connectivity index is 2.23. The minimum absolute atomic E-state index is 0.0773. The van der Waals surface area contributed by atoms with Gasteiger partial charge in [-0.1, -0.05) is 42.5 Å². The van der Waals surface area contributed by atoms with E-state index < -0.39 is 47.9 Å². The second-order valence-corrected chi connectivity index (χ2v) is 10.4. The topological polar surface area (TPSA) is 261 Å². The van der Waals surface area contributed by atoms with Gasteiger partial charge in [-0.25, -0.2) is 4.79 Å². The Hall–Kier alpha value is -4.69. The average Bonchev–Trinajstić information content (AvgIpc) is 2.99. The van der Waals surface area contributed by atoms with Crippen LogP contribution in [0.2, 0.25) is 0 Å². The number of benzene rings is 2. The molecule has 0 aliphatic rings. The van der Waals surface area contributed by atoms with Gasteiger partial charge in [-0.05, 0) is 68.3 Å². The van der Waals surface area contributed by atoms with Gasteiger partial charge in [0.15, 0.2) is 5.96 Å². The number of unbranched alkanes of at least 4 members (excludes halogenated alkanes) is 1. The molecule has 0 bridgehead atoms. The summed E-state index contributed by atoms with van der Waals surface area (Å²) in [5.74, 6) is -3.21. The van der Waals surface area contributed by atoms with E-state index in [0.29, 0.717) is 31.4 Å². The number of phenols is 1. The van der Waals surface area contributed by atoms with Crippen LogP contribution in [0.25, 0.3) is 0 Å². The molecule has 0 radical (unpaired) electrons. The van der Waals surface area contributed by atoms with E-state index in [2.05, 4.69) is 20.9 Å². The molecule has 4 atom stereocenters. The van der Waals surface area contributed by atoms with Crippen LogP contribution in [-0.2, 0) is 32.0 Å². The standard InChI is InChI=1S/C30H44N8O6/c31-15-5-4-9-24(29(43)44)37-27(41)23(10-6-16-35-30(33)34)36-28(42)25(18-19-7-2-1-3-8-19)38-26(40)22(32)17-20-11-13-21(39)14-12-20/h1-3,7-8,11-14,22-25,39H,4-6,9-10,15-18,31-32H2,(H,36,42)(H,37,41)(H,38,40)(H,43,44)(H4,33,34,35). The third-order valence-electron chi connectivity index (χ3n) is 6.78. The molecule has 0 heterocycles. The number of nitrogens with two attached hydrogens (primary N) is 4. The molecular weight excluding hydrogens is 568 g/mol. The highest BCUT2D eigenvalue weighted by Gasteiger charge is 2.30. The van der Waals surface area contributed by atoms with Crippen molar-refractivity contribution in [3.8, 4) is 5.75 Å². The number of hydrogen-bond donors (Lipinski definition) is 9. The van der Waals surface area contributed by atoms with Crippen molar-refractivity contribution in [1.29, 1.82) is 0 Å². The number of carbonyl (C=O) groups is 4. The molecule has 0 aromatic heterocycles. The number of aliphatic carboxylic acids is 1. The number of aromatic hydroxyl groups is 1. The number of phenolic OH excluding ortho intramolecular Hbond substituents is 1. The lowest BCUT2D eigenvalue weighted by Crippen LogP contribution is -2.57. The van der Waals surface area contributed by atoms with Gasteiger partial charge >= 0.3 is 5.97 Å². The van der Waals surface area contributed by atoms with Crippen LogP contribution in [0.1, 0.15) is 43.2 Å². The lowest BCUT2D eigenvalue weighted by Gasteiger charge is -2.25. The molecular formula is C30H44N8O6. The van der Waals surface area contributed by atoms with E-state index in [0.717, 1.165) is 5.56 Å². The van der Waals surface area contributed by atoms with Gasteiger partial charge in [-0.2, -0.15) is 0 Å². The molecule has 0 aliphatic carbocycles. The van der Waals surface area contributed by atoms with E-state index >= 15 is 0 Å². The molecule has 0 spiro atoms. The van der Waals surface area contributed by atoms with Crippen molar-refractivity contribution in [2.24, 2.45) is 27.9 Å². The summed E-state index contributed by atoms with van der Waals surface area (Å²) < 4.78 is 0. The summed E-state index contributed by atoms with van der Waals surface area (Å²) in [7, 11) is 0. The van der Waals surface area contributed by atoms with Crippen LogP contribution in [0.4, 0.5) is 0 Å². The fourth-order valence-electron chi connectivity index (χ4n) is 4.38. The Morgan fingerprint density at radius 1 is 0.727 bits per heavy atom. The summed E-state index contributed by atoms with van der Waals surface area (Å²) in [6, 6.07) is 10.8. The van der Waals surface area contributed by atoms with Crippen LogP contribution in [0.3, 0.4) is 0 Å². The highest BCUT2D eigenvalue weighted by atomic mass is 16.4. The predicted octanol–water partition coefficient (Wildman–Crippen LogP) is -0.774. The number of guanidine groups is 1. The Kier molecular flexibility index (Phi) is 15.1. The smallest absolute Gasteiger partial charge is 0.326 e. The van der Waals surface area contributed by atoms with Gasteiger partial charge in [0.25, 0.3) is 0 Å². The lowest BCUT2D eigenvalue weighted by atomic mass is 10.0. The molecule has 4 unspecified atom stereocenters. The van der Waals surface area contributed by atoms with Gasteiger partial charge in [0, 0.05) is 13.0 Å². The third-order valence-corrected chi connectivity index (χ3v) is 6.78. The first-order valence-electron chi connectivity index (χ1n) is 14.5. The number of aliphatic imine (C=N–C) groups is 1. The van der Waals surface area contributed by atoms with Crippen LogP contribution in [0.15, 0.2) is 59.6 Å². The zero-order valence-electron chi connectivity index (χ0n) is 24.7. The number of carbonyl (C=O) groups excluding carboxylic acids is 3. The molecule has 0 aliphatic heterocycles. The maximum Gasteiger partial charge on any atom is 0.326 e. The molecule has 240 valence electrons. The number of hydrogen-bond acceptors (Lipinski definition) is 8. The molecule has 44 heavy (non-hydrogen) atoms. The Labute approximate surface area is 256 Å². The van der Waals surface area contributed by atoms with Gasteiger partial charge in [-0.15, -0.1) is 0 Å². The monoisotopic (exact) mass is 612 g/mol. The fourth-order valence-corrected chi connectivity index (χ4v) is 4.38. The zero-order chi connectivity index (χ0) is 32.5. The minimum atomic E-state index is -1.21. The van der Waals surface area contributed by atoms with Gasteiger partial charge in [0.1, 0.15) is 23.9 Å². The average molecular weight is 613 g/mol. The second kappa shape index (κ2) is 18.8. The van der Waals surface area contributed by atoms with Crippen LogP contribution in [0, 0.1) is 0 Å². The summed E-state index contributed by atoms with van der Waals surface area (Å²) in [4.78, 5) is 55.7. The molecule has 2 aromatic carbocycles. The van der Waals surface area contributed by atoms with Crippen molar-refractivity contribution >= 4 is 29.7 Å². The van der Waals surface area contributed by atoms with Crippen molar-refractivity contribution in [1.82, 2.24) is 16.0 Å². The molecule has 0 saturated carbocycles. The normalized spacial score (nSPS) is 13.5. The van der Waals surface area contributed by atoms with Crippen LogP contribution in [0.5, 0.6) is 5.75 Å². The number of amides is 3. The Morgan fingerprint density at radius 2 is 1.30 bits per heavy atom. The fraction of sp³-hybridized carbons (Fsp3) is 0.433. The van der Waals surface area contributed by atoms with E-state index in [4.69, 9.17) is 22.9 Å². The van der Waals surface area contributed by atoms with E-state index in [9.17, 15) is 29.4 Å². The third kappa shape index (κ3) is 13.1. The predicted molar refractivity (Wildman–Crippen MR) is 166 cm³/mol. The number of carboxylic acid groups (broad SMARTS) is 1. The summed E-state index contributed by atoms with van der Waals surface area (Å²) in [5.41, 5.74) is 23.9. The number of rotatable bonds is 19. The quantitative estimate of drug-likeness (QED) is 0.0543. The van der Waals surface area contributed by atoms with Gasteiger partial charge in [0.05, 0.1) is 6.04 Å². The van der Waals surface area contributed by atoms with Crippen LogP contribution in [-0.4, -0.2) is 77.1 Å². The van der Waals surface area contributed by atoms with Crippen LogP contribution >= 0.6 is 0 Å². The van der Waals surface area contributed by atoms with Crippen molar-refractivity contribution in [3.63, 3.8) is 0 Å². The molecule has 2 aromatic rings. The Bertz CT molecular complexity index is 1240. The highest BCUT2D eigenvalue weighted by Crippen LogP contribution is 2.12. The van der Waals surface area contributed by atoms with E-state index in [-0.39, 0.29) is 43.9 Å². The second-order valence-electron chi connectivity index (χ2n) is 10.4. The maximum atomic E-state index is 13.6. The summed E-state index contributed by atoms with van der Waals surface area (Å²) in [6.45, 7) is 0.564. The van der Waals surface area contributed by atoms with Gasteiger partial charge in [0.2, 0.25) is 17.7 Å². The van der Waals surface area contributed by atoms with E-state index in [1.165, 1.54) is 12.1 Å². The first-order valence-corrected chi connectivity index (χ1v) is 14.5. The molecule has 0 saturated heterocycles. The number of nitrogens with one attached hydrogen (secondary N) is 3.